The minimum Gasteiger partial charge on any atom is -0.385 e. The Labute approximate surface area is 143 Å². The van der Waals surface area contributed by atoms with Crippen molar-refractivity contribution < 1.29 is 9.53 Å². The number of ether oxygens (including phenoxy) is 1. The van der Waals surface area contributed by atoms with E-state index in [2.05, 4.69) is 40.4 Å². The summed E-state index contributed by atoms with van der Waals surface area (Å²) in [6, 6.07) is 16.3. The lowest BCUT2D eigenvalue weighted by molar-refractivity contribution is 0.193. The molecule has 0 aliphatic rings. The van der Waals surface area contributed by atoms with Crippen LogP contribution in [0.5, 0.6) is 0 Å². The van der Waals surface area contributed by atoms with E-state index in [-0.39, 0.29) is 6.03 Å². The van der Waals surface area contributed by atoms with Crippen LogP contribution in [0.1, 0.15) is 23.1 Å². The molecule has 0 unspecified atom stereocenters. The number of benzene rings is 2. The van der Waals surface area contributed by atoms with Gasteiger partial charge in [-0.05, 0) is 42.5 Å². The van der Waals surface area contributed by atoms with Crippen LogP contribution in [0, 0.1) is 6.92 Å². The highest BCUT2D eigenvalue weighted by Crippen LogP contribution is 2.18. The Bertz CT molecular complexity index is 644. The molecule has 2 aromatic rings. The summed E-state index contributed by atoms with van der Waals surface area (Å²) in [5, 5.41) is 2.76. The fraction of sp³-hybridized carbons (Fsp3) is 0.316. The van der Waals surface area contributed by atoms with Gasteiger partial charge >= 0.3 is 6.03 Å². The third kappa shape index (κ3) is 5.93. The maximum atomic E-state index is 11.7. The summed E-state index contributed by atoms with van der Waals surface area (Å²) >= 11 is 0. The molecule has 0 radical (unpaired) electrons. The van der Waals surface area contributed by atoms with E-state index in [1.165, 1.54) is 11.1 Å². The van der Waals surface area contributed by atoms with E-state index in [1.807, 2.05) is 31.2 Å². The monoisotopic (exact) mass is 327 g/mol. The highest BCUT2D eigenvalue weighted by molar-refractivity contribution is 5.75. The largest absolute Gasteiger partial charge is 0.385 e. The van der Waals surface area contributed by atoms with Crippen molar-refractivity contribution in [1.82, 2.24) is 10.7 Å². The fourth-order valence-corrected chi connectivity index (χ4v) is 2.39. The molecule has 0 saturated heterocycles. The second kappa shape index (κ2) is 9.57. The number of carbonyl (C=O) groups excluding carboxylic acids is 1. The number of amides is 2. The van der Waals surface area contributed by atoms with E-state index < -0.39 is 0 Å². The van der Waals surface area contributed by atoms with Crippen LogP contribution < -0.4 is 16.2 Å². The number of methoxy groups -OCH3 is 1. The average Bonchev–Trinajstić information content (AvgIpc) is 2.59. The van der Waals surface area contributed by atoms with Gasteiger partial charge in [-0.15, -0.1) is 0 Å². The van der Waals surface area contributed by atoms with Crippen molar-refractivity contribution in [2.24, 2.45) is 0 Å². The quantitative estimate of drug-likeness (QED) is 0.515. The van der Waals surface area contributed by atoms with Gasteiger partial charge in [-0.25, -0.2) is 4.79 Å². The molecule has 2 rings (SSSR count). The molecule has 2 amide bonds. The first-order valence-electron chi connectivity index (χ1n) is 8.11. The van der Waals surface area contributed by atoms with E-state index in [0.29, 0.717) is 13.2 Å². The van der Waals surface area contributed by atoms with Gasteiger partial charge in [0.2, 0.25) is 0 Å². The predicted molar refractivity (Wildman–Crippen MR) is 97.1 cm³/mol. The first kappa shape index (κ1) is 17.8. The van der Waals surface area contributed by atoms with Gasteiger partial charge in [-0.2, -0.15) is 0 Å². The number of hydrogen-bond acceptors (Lipinski definition) is 3. The first-order valence-corrected chi connectivity index (χ1v) is 8.11. The summed E-state index contributed by atoms with van der Waals surface area (Å²) in [6.07, 6.45) is 1.69. The standard InChI is InChI=1S/C19H25N3O2/c1-15-13-17(14-16-7-4-3-5-8-16)9-10-18(15)21-22-19(23)20-11-6-12-24-2/h3-5,7-10,13,21H,6,11-12,14H2,1-2H3,(H2,20,22,23). The molecule has 0 spiro atoms. The lowest BCUT2D eigenvalue weighted by atomic mass is 10.0. The van der Waals surface area contributed by atoms with Crippen molar-refractivity contribution in [3.05, 3.63) is 65.2 Å². The summed E-state index contributed by atoms with van der Waals surface area (Å²) in [7, 11) is 1.64. The molecular formula is C19H25N3O2. The topological polar surface area (TPSA) is 62.4 Å². The molecule has 0 aromatic heterocycles. The Kier molecular flexibility index (Phi) is 7.11. The molecule has 2 aromatic carbocycles. The van der Waals surface area contributed by atoms with Crippen LogP contribution in [0.15, 0.2) is 48.5 Å². The highest BCUT2D eigenvalue weighted by atomic mass is 16.5. The highest BCUT2D eigenvalue weighted by Gasteiger charge is 2.03. The molecule has 0 aliphatic carbocycles. The zero-order valence-electron chi connectivity index (χ0n) is 14.3. The molecular weight excluding hydrogens is 302 g/mol. The summed E-state index contributed by atoms with van der Waals surface area (Å²) in [4.78, 5) is 11.7. The van der Waals surface area contributed by atoms with Gasteiger partial charge in [-0.1, -0.05) is 42.5 Å². The van der Waals surface area contributed by atoms with Gasteiger partial charge in [0, 0.05) is 20.3 Å². The normalized spacial score (nSPS) is 10.2. The minimum atomic E-state index is -0.251. The maximum absolute atomic E-state index is 11.7. The molecule has 5 nitrogen and oxygen atoms in total. The molecule has 0 saturated carbocycles. The number of hydrazine groups is 1. The SMILES string of the molecule is COCCCNC(=O)NNc1ccc(Cc2ccccc2)cc1C. The van der Waals surface area contributed by atoms with Crippen molar-refractivity contribution in [3.63, 3.8) is 0 Å². The number of urea groups is 1. The second-order valence-corrected chi connectivity index (χ2v) is 5.66. The predicted octanol–water partition coefficient (Wildman–Crippen LogP) is 3.25. The third-order valence-electron chi connectivity index (χ3n) is 3.66. The average molecular weight is 327 g/mol. The Morgan fingerprint density at radius 3 is 2.58 bits per heavy atom. The van der Waals surface area contributed by atoms with Crippen LogP contribution in [0.4, 0.5) is 10.5 Å². The first-order chi connectivity index (χ1) is 11.7. The van der Waals surface area contributed by atoms with Crippen LogP contribution in [0.3, 0.4) is 0 Å². The molecule has 5 heteroatoms. The molecule has 3 N–H and O–H groups in total. The van der Waals surface area contributed by atoms with E-state index >= 15 is 0 Å². The Balaban J connectivity index is 1.83. The van der Waals surface area contributed by atoms with Crippen molar-refractivity contribution in [1.29, 1.82) is 0 Å². The molecule has 128 valence electrons. The number of nitrogens with one attached hydrogen (secondary N) is 3. The number of rotatable bonds is 8. The number of anilines is 1. The maximum Gasteiger partial charge on any atom is 0.333 e. The molecule has 24 heavy (non-hydrogen) atoms. The van der Waals surface area contributed by atoms with Crippen LogP contribution in [-0.2, 0) is 11.2 Å². The molecule has 0 aliphatic heterocycles. The van der Waals surface area contributed by atoms with Gasteiger partial charge in [0.1, 0.15) is 0 Å². The van der Waals surface area contributed by atoms with Gasteiger partial charge in [0.05, 0.1) is 5.69 Å². The molecule has 0 fully saturated rings. The zero-order valence-corrected chi connectivity index (χ0v) is 14.3. The van der Waals surface area contributed by atoms with Crippen LogP contribution in [-0.4, -0.2) is 26.3 Å². The van der Waals surface area contributed by atoms with Gasteiger partial charge in [-0.3, -0.25) is 10.9 Å². The zero-order chi connectivity index (χ0) is 17.2. The minimum absolute atomic E-state index is 0.251. The molecule has 0 heterocycles. The van der Waals surface area contributed by atoms with Crippen molar-refractivity contribution in [3.8, 4) is 0 Å². The Morgan fingerprint density at radius 2 is 1.88 bits per heavy atom. The summed E-state index contributed by atoms with van der Waals surface area (Å²) < 4.78 is 4.94. The van der Waals surface area contributed by atoms with E-state index in [4.69, 9.17) is 4.74 Å². The number of carbonyl (C=O) groups is 1. The Hall–Kier alpha value is -2.53. The van der Waals surface area contributed by atoms with Crippen LogP contribution in [0.25, 0.3) is 0 Å². The van der Waals surface area contributed by atoms with Crippen molar-refractivity contribution in [2.75, 3.05) is 25.7 Å². The van der Waals surface area contributed by atoms with E-state index in [0.717, 1.165) is 24.1 Å². The lowest BCUT2D eigenvalue weighted by Crippen LogP contribution is -2.39. The molecule has 0 bridgehead atoms. The van der Waals surface area contributed by atoms with Gasteiger partial charge in [0.15, 0.2) is 0 Å². The summed E-state index contributed by atoms with van der Waals surface area (Å²) in [6.45, 7) is 3.24. The van der Waals surface area contributed by atoms with Crippen LogP contribution >= 0.6 is 0 Å². The summed E-state index contributed by atoms with van der Waals surface area (Å²) in [5.74, 6) is 0. The van der Waals surface area contributed by atoms with Gasteiger partial charge < -0.3 is 10.1 Å². The summed E-state index contributed by atoms with van der Waals surface area (Å²) in [5.41, 5.74) is 10.1. The third-order valence-corrected chi connectivity index (χ3v) is 3.66. The number of aryl methyl sites for hydroxylation is 1. The van der Waals surface area contributed by atoms with Crippen molar-refractivity contribution in [2.45, 2.75) is 19.8 Å². The smallest absolute Gasteiger partial charge is 0.333 e. The van der Waals surface area contributed by atoms with Crippen molar-refractivity contribution >= 4 is 11.7 Å². The van der Waals surface area contributed by atoms with Crippen LogP contribution in [0.2, 0.25) is 0 Å². The van der Waals surface area contributed by atoms with E-state index in [1.54, 1.807) is 7.11 Å². The Morgan fingerprint density at radius 1 is 1.08 bits per heavy atom. The fourth-order valence-electron chi connectivity index (χ4n) is 2.39. The number of hydrogen-bond donors (Lipinski definition) is 3. The van der Waals surface area contributed by atoms with E-state index in [9.17, 15) is 4.79 Å². The second-order valence-electron chi connectivity index (χ2n) is 5.66. The van der Waals surface area contributed by atoms with Gasteiger partial charge in [0.25, 0.3) is 0 Å². The lowest BCUT2D eigenvalue weighted by Gasteiger charge is -2.13. The molecule has 0 atom stereocenters.